The minimum absolute atomic E-state index is 0.170. The molecule has 0 radical (unpaired) electrons. The third-order valence-corrected chi connectivity index (χ3v) is 5.12. The average Bonchev–Trinajstić information content (AvgIpc) is 2.86. The maximum Gasteiger partial charge on any atom is 0.407 e. The number of nitrogens with one attached hydrogen (secondary N) is 3. The van der Waals surface area contributed by atoms with E-state index in [1.807, 2.05) is 60.7 Å². The van der Waals surface area contributed by atoms with Crippen LogP contribution in [0, 0.1) is 0 Å². The Kier molecular flexibility index (Phi) is 9.22. The predicted molar refractivity (Wildman–Crippen MR) is 120 cm³/mol. The molecule has 1 saturated heterocycles. The van der Waals surface area contributed by atoms with E-state index in [-0.39, 0.29) is 25.9 Å². The number of ether oxygens (including phenoxy) is 3. The van der Waals surface area contributed by atoms with Crippen molar-refractivity contribution >= 4 is 17.9 Å². The molecule has 1 heterocycles. The molecular formula is C24H29N3O6. The lowest BCUT2D eigenvalue weighted by molar-refractivity contribution is -0.143. The topological polar surface area (TPSA) is 115 Å². The summed E-state index contributed by atoms with van der Waals surface area (Å²) in [5.74, 6) is -0.917. The number of hydrazine groups is 1. The first-order valence-corrected chi connectivity index (χ1v) is 10.9. The Morgan fingerprint density at radius 1 is 0.939 bits per heavy atom. The van der Waals surface area contributed by atoms with Crippen molar-refractivity contribution in [3.05, 3.63) is 71.8 Å². The molecule has 0 spiro atoms. The molecular weight excluding hydrogens is 426 g/mol. The van der Waals surface area contributed by atoms with Crippen molar-refractivity contribution in [3.63, 3.8) is 0 Å². The highest BCUT2D eigenvalue weighted by atomic mass is 16.5. The second-order valence-corrected chi connectivity index (χ2v) is 7.72. The molecule has 2 aromatic carbocycles. The van der Waals surface area contributed by atoms with Gasteiger partial charge < -0.3 is 19.5 Å². The van der Waals surface area contributed by atoms with Crippen LogP contribution in [-0.2, 0) is 37.0 Å². The summed E-state index contributed by atoms with van der Waals surface area (Å²) in [6.45, 7) is 2.24. The van der Waals surface area contributed by atoms with Crippen molar-refractivity contribution in [1.29, 1.82) is 0 Å². The average molecular weight is 456 g/mol. The SMILES string of the molecule is C[C@@H](OCc1ccccc1)C(=O)NNC(=O)[C@@H]1CC[C@@H](NC(=O)OCc2ccccc2)CO1. The van der Waals surface area contributed by atoms with Crippen LogP contribution in [-0.4, -0.2) is 42.8 Å². The maximum atomic E-state index is 12.3. The van der Waals surface area contributed by atoms with Crippen molar-refractivity contribution in [3.8, 4) is 0 Å². The van der Waals surface area contributed by atoms with Gasteiger partial charge in [-0.3, -0.25) is 20.4 Å². The summed E-state index contributed by atoms with van der Waals surface area (Å²) >= 11 is 0. The number of alkyl carbamates (subject to hydrolysis) is 1. The first kappa shape index (κ1) is 24.2. The molecule has 1 aliphatic rings. The number of amides is 3. The fourth-order valence-corrected chi connectivity index (χ4v) is 3.18. The predicted octanol–water partition coefficient (Wildman–Crippen LogP) is 2.21. The summed E-state index contributed by atoms with van der Waals surface area (Å²) in [6, 6.07) is 18.6. The van der Waals surface area contributed by atoms with Crippen LogP contribution in [0.3, 0.4) is 0 Å². The van der Waals surface area contributed by atoms with E-state index in [1.54, 1.807) is 6.92 Å². The molecule has 9 nitrogen and oxygen atoms in total. The van der Waals surface area contributed by atoms with Gasteiger partial charge >= 0.3 is 6.09 Å². The van der Waals surface area contributed by atoms with Crippen LogP contribution in [0.25, 0.3) is 0 Å². The summed E-state index contributed by atoms with van der Waals surface area (Å²) in [5.41, 5.74) is 6.57. The smallest absolute Gasteiger partial charge is 0.407 e. The number of hydrogen-bond donors (Lipinski definition) is 3. The third kappa shape index (κ3) is 8.21. The first-order valence-electron chi connectivity index (χ1n) is 10.9. The molecule has 0 unspecified atom stereocenters. The maximum absolute atomic E-state index is 12.3. The van der Waals surface area contributed by atoms with Gasteiger partial charge in [0.1, 0.15) is 18.8 Å². The summed E-state index contributed by atoms with van der Waals surface area (Å²) in [7, 11) is 0. The van der Waals surface area contributed by atoms with Crippen molar-refractivity contribution in [2.45, 2.75) is 51.2 Å². The molecule has 9 heteroatoms. The Morgan fingerprint density at radius 2 is 1.58 bits per heavy atom. The minimum Gasteiger partial charge on any atom is -0.445 e. The number of carbonyl (C=O) groups is 3. The van der Waals surface area contributed by atoms with E-state index in [1.165, 1.54) is 0 Å². The summed E-state index contributed by atoms with van der Waals surface area (Å²) in [6.07, 6.45) is -1.06. The zero-order valence-electron chi connectivity index (χ0n) is 18.5. The minimum atomic E-state index is -0.742. The fraction of sp³-hybridized carbons (Fsp3) is 0.375. The van der Waals surface area contributed by atoms with Crippen molar-refractivity contribution in [1.82, 2.24) is 16.2 Å². The Morgan fingerprint density at radius 3 is 2.18 bits per heavy atom. The third-order valence-electron chi connectivity index (χ3n) is 5.12. The van der Waals surface area contributed by atoms with Gasteiger partial charge in [0.05, 0.1) is 19.3 Å². The Labute approximate surface area is 192 Å². The van der Waals surface area contributed by atoms with Crippen molar-refractivity contribution < 1.29 is 28.6 Å². The number of rotatable bonds is 8. The van der Waals surface area contributed by atoms with Gasteiger partial charge in [-0.2, -0.15) is 0 Å². The number of carbonyl (C=O) groups excluding carboxylic acids is 3. The van der Waals surface area contributed by atoms with Gasteiger partial charge in [-0.1, -0.05) is 60.7 Å². The second kappa shape index (κ2) is 12.6. The highest BCUT2D eigenvalue weighted by molar-refractivity contribution is 5.86. The zero-order chi connectivity index (χ0) is 23.5. The molecule has 0 saturated carbocycles. The van der Waals surface area contributed by atoms with E-state index in [0.717, 1.165) is 11.1 Å². The van der Waals surface area contributed by atoms with E-state index >= 15 is 0 Å². The van der Waals surface area contributed by atoms with Crippen LogP contribution in [0.1, 0.15) is 30.9 Å². The van der Waals surface area contributed by atoms with Gasteiger partial charge in [0.2, 0.25) is 0 Å². The van der Waals surface area contributed by atoms with E-state index < -0.39 is 30.1 Å². The lowest BCUT2D eigenvalue weighted by Gasteiger charge is -2.28. The van der Waals surface area contributed by atoms with Crippen molar-refractivity contribution in [2.75, 3.05) is 6.61 Å². The molecule has 0 aliphatic carbocycles. The lowest BCUT2D eigenvalue weighted by Crippen LogP contribution is -2.52. The van der Waals surface area contributed by atoms with Gasteiger partial charge in [-0.05, 0) is 30.9 Å². The summed E-state index contributed by atoms with van der Waals surface area (Å²) < 4.78 is 16.3. The van der Waals surface area contributed by atoms with E-state index in [9.17, 15) is 14.4 Å². The van der Waals surface area contributed by atoms with Crippen molar-refractivity contribution in [2.24, 2.45) is 0 Å². The molecule has 1 fully saturated rings. The summed E-state index contributed by atoms with van der Waals surface area (Å²) in [5, 5.41) is 2.74. The zero-order valence-corrected chi connectivity index (χ0v) is 18.5. The quantitative estimate of drug-likeness (QED) is 0.526. The fourth-order valence-electron chi connectivity index (χ4n) is 3.18. The van der Waals surface area contributed by atoms with Gasteiger partial charge in [-0.15, -0.1) is 0 Å². The molecule has 33 heavy (non-hydrogen) atoms. The van der Waals surface area contributed by atoms with Crippen LogP contribution in [0.2, 0.25) is 0 Å². The number of benzene rings is 2. The van der Waals surface area contributed by atoms with Crippen LogP contribution in [0.4, 0.5) is 4.79 Å². The lowest BCUT2D eigenvalue weighted by atomic mass is 10.0. The Hall–Kier alpha value is -3.43. The van der Waals surface area contributed by atoms with Crippen LogP contribution >= 0.6 is 0 Å². The first-order chi connectivity index (χ1) is 16.0. The largest absolute Gasteiger partial charge is 0.445 e. The molecule has 176 valence electrons. The molecule has 3 rings (SSSR count). The second-order valence-electron chi connectivity index (χ2n) is 7.72. The number of hydrogen-bond acceptors (Lipinski definition) is 6. The van der Waals surface area contributed by atoms with Crippen LogP contribution in [0.5, 0.6) is 0 Å². The molecule has 1 aliphatic heterocycles. The van der Waals surface area contributed by atoms with Gasteiger partial charge in [0, 0.05) is 0 Å². The standard InChI is InChI=1S/C24H29N3O6/c1-17(31-14-18-8-4-2-5-9-18)22(28)26-27-23(29)21-13-12-20(16-32-21)25-24(30)33-15-19-10-6-3-7-11-19/h2-11,17,20-21H,12-16H2,1H3,(H,25,30)(H,26,28)(H,27,29)/t17-,20-,21+/m1/s1. The van der Waals surface area contributed by atoms with Crippen LogP contribution < -0.4 is 16.2 Å². The summed E-state index contributed by atoms with van der Waals surface area (Å²) in [4.78, 5) is 36.4. The molecule has 0 aromatic heterocycles. The van der Waals surface area contributed by atoms with E-state index in [0.29, 0.717) is 12.8 Å². The Bertz CT molecular complexity index is 901. The normalized spacial score (nSPS) is 18.6. The highest BCUT2D eigenvalue weighted by Gasteiger charge is 2.28. The van der Waals surface area contributed by atoms with E-state index in [2.05, 4.69) is 16.2 Å². The highest BCUT2D eigenvalue weighted by Crippen LogP contribution is 2.14. The monoisotopic (exact) mass is 455 g/mol. The molecule has 3 atom stereocenters. The molecule has 2 aromatic rings. The van der Waals surface area contributed by atoms with Gasteiger partial charge in [0.25, 0.3) is 11.8 Å². The van der Waals surface area contributed by atoms with E-state index in [4.69, 9.17) is 14.2 Å². The Balaban J connectivity index is 1.30. The van der Waals surface area contributed by atoms with Gasteiger partial charge in [-0.25, -0.2) is 4.79 Å². The molecule has 3 N–H and O–H groups in total. The molecule has 0 bridgehead atoms. The van der Waals surface area contributed by atoms with Crippen LogP contribution in [0.15, 0.2) is 60.7 Å². The molecule has 3 amide bonds. The van der Waals surface area contributed by atoms with Gasteiger partial charge in [0.15, 0.2) is 0 Å².